The number of hydrogen-bond acceptors (Lipinski definition) is 6. The Bertz CT molecular complexity index is 580. The summed E-state index contributed by atoms with van der Waals surface area (Å²) in [6.45, 7) is 1.94. The van der Waals surface area contributed by atoms with Gasteiger partial charge in [-0.1, -0.05) is 32.1 Å². The molecule has 1 saturated carbocycles. The van der Waals surface area contributed by atoms with Crippen LogP contribution < -0.4 is 21.7 Å². The van der Waals surface area contributed by atoms with Crippen LogP contribution in [0.15, 0.2) is 0 Å². The molecule has 0 heterocycles. The van der Waals surface area contributed by atoms with E-state index in [9.17, 15) is 24.3 Å². The van der Waals surface area contributed by atoms with E-state index in [0.29, 0.717) is 25.8 Å². The molecule has 1 aliphatic carbocycles. The van der Waals surface area contributed by atoms with Crippen molar-refractivity contribution in [3.8, 4) is 0 Å². The van der Waals surface area contributed by atoms with Gasteiger partial charge in [0.05, 0.1) is 7.11 Å². The van der Waals surface area contributed by atoms with E-state index >= 15 is 0 Å². The number of hydrogen-bond donors (Lipinski definition) is 5. The molecule has 0 aromatic rings. The largest absolute Gasteiger partial charge is 0.480 e. The molecule has 0 radical (unpaired) electrons. The minimum Gasteiger partial charge on any atom is -0.480 e. The van der Waals surface area contributed by atoms with Crippen LogP contribution in [0.2, 0.25) is 0 Å². The standard InChI is InChI=1S/C20H36N4O6/c1-13(19(28)30-2)22-17(25)16(12-14-8-4-3-5-9-14)24-20(29)23-15(18(26)27)10-6-7-11-21/h13-16H,3-12,21H2,1-2H3,(H,22,25)(H,26,27)(H2,23,24,29)/t13-,15?,16-/m1/s1. The molecule has 0 aromatic heterocycles. The number of urea groups is 1. The van der Waals surface area contributed by atoms with E-state index in [1.165, 1.54) is 14.0 Å². The van der Waals surface area contributed by atoms with E-state index in [1.807, 2.05) is 0 Å². The van der Waals surface area contributed by atoms with E-state index in [4.69, 9.17) is 5.73 Å². The van der Waals surface area contributed by atoms with Crippen molar-refractivity contribution < 1.29 is 29.0 Å². The molecular weight excluding hydrogens is 392 g/mol. The highest BCUT2D eigenvalue weighted by molar-refractivity contribution is 5.91. The number of carbonyl (C=O) groups excluding carboxylic acids is 3. The van der Waals surface area contributed by atoms with Crippen molar-refractivity contribution in [3.63, 3.8) is 0 Å². The Morgan fingerprint density at radius 3 is 2.23 bits per heavy atom. The molecular formula is C20H36N4O6. The van der Waals surface area contributed by atoms with Gasteiger partial charge in [0.15, 0.2) is 0 Å². The summed E-state index contributed by atoms with van der Waals surface area (Å²) in [5.41, 5.74) is 5.43. The summed E-state index contributed by atoms with van der Waals surface area (Å²) in [5.74, 6) is -1.95. The van der Waals surface area contributed by atoms with Gasteiger partial charge in [0.2, 0.25) is 5.91 Å². The van der Waals surface area contributed by atoms with Gasteiger partial charge in [0, 0.05) is 0 Å². The third kappa shape index (κ3) is 9.43. The smallest absolute Gasteiger partial charge is 0.328 e. The number of amides is 3. The van der Waals surface area contributed by atoms with Gasteiger partial charge >= 0.3 is 18.0 Å². The lowest BCUT2D eigenvalue weighted by atomic mass is 9.84. The monoisotopic (exact) mass is 428 g/mol. The first kappa shape index (κ1) is 25.7. The van der Waals surface area contributed by atoms with Crippen molar-refractivity contribution in [1.29, 1.82) is 0 Å². The zero-order chi connectivity index (χ0) is 22.5. The minimum atomic E-state index is -1.14. The third-order valence-electron chi connectivity index (χ3n) is 5.38. The molecule has 0 saturated heterocycles. The van der Waals surface area contributed by atoms with Crippen molar-refractivity contribution in [2.75, 3.05) is 13.7 Å². The van der Waals surface area contributed by atoms with Crippen LogP contribution in [0.25, 0.3) is 0 Å². The molecule has 0 aromatic carbocycles. The molecule has 1 rings (SSSR count). The van der Waals surface area contributed by atoms with E-state index in [1.54, 1.807) is 0 Å². The van der Waals surface area contributed by atoms with Crippen molar-refractivity contribution in [3.05, 3.63) is 0 Å². The normalized spacial score (nSPS) is 17.3. The maximum atomic E-state index is 12.7. The van der Waals surface area contributed by atoms with Gasteiger partial charge in [0.25, 0.3) is 0 Å². The summed E-state index contributed by atoms with van der Waals surface area (Å²) in [6.07, 6.45) is 7.15. The lowest BCUT2D eigenvalue weighted by Crippen LogP contribution is -2.55. The molecule has 30 heavy (non-hydrogen) atoms. The average Bonchev–Trinajstić information content (AvgIpc) is 2.72. The minimum absolute atomic E-state index is 0.249. The maximum absolute atomic E-state index is 12.7. The molecule has 0 spiro atoms. The Labute approximate surface area is 177 Å². The highest BCUT2D eigenvalue weighted by Crippen LogP contribution is 2.27. The van der Waals surface area contributed by atoms with Gasteiger partial charge in [-0.05, 0) is 45.1 Å². The molecule has 10 nitrogen and oxygen atoms in total. The number of ether oxygens (including phenoxy) is 1. The molecule has 6 N–H and O–H groups in total. The fraction of sp³-hybridized carbons (Fsp3) is 0.800. The molecule has 0 aliphatic heterocycles. The molecule has 3 amide bonds. The third-order valence-corrected chi connectivity index (χ3v) is 5.38. The Morgan fingerprint density at radius 1 is 1.03 bits per heavy atom. The number of aliphatic carboxylic acids is 1. The topological polar surface area (TPSA) is 160 Å². The second kappa shape index (κ2) is 13.8. The second-order valence-electron chi connectivity index (χ2n) is 7.84. The number of carboxylic acids is 1. The van der Waals surface area contributed by atoms with Gasteiger partial charge < -0.3 is 31.5 Å². The van der Waals surface area contributed by atoms with Gasteiger partial charge in [-0.3, -0.25) is 4.79 Å². The van der Waals surface area contributed by atoms with E-state index < -0.39 is 42.0 Å². The summed E-state index contributed by atoms with van der Waals surface area (Å²) in [6, 6.07) is -3.52. The first-order valence-corrected chi connectivity index (χ1v) is 10.7. The van der Waals surface area contributed by atoms with Crippen LogP contribution in [-0.2, 0) is 19.1 Å². The van der Waals surface area contributed by atoms with E-state index in [0.717, 1.165) is 32.1 Å². The molecule has 1 unspecified atom stereocenters. The van der Waals surface area contributed by atoms with Crippen molar-refractivity contribution in [2.24, 2.45) is 11.7 Å². The fourth-order valence-corrected chi connectivity index (χ4v) is 3.65. The number of nitrogens with two attached hydrogens (primary N) is 1. The van der Waals surface area contributed by atoms with Crippen LogP contribution in [0.4, 0.5) is 4.79 Å². The SMILES string of the molecule is COC(=O)[C@@H](C)NC(=O)[C@@H](CC1CCCCC1)NC(=O)NC(CCCCN)C(=O)O. The Hall–Kier alpha value is -2.36. The second-order valence-corrected chi connectivity index (χ2v) is 7.84. The first-order chi connectivity index (χ1) is 14.3. The highest BCUT2D eigenvalue weighted by Gasteiger charge is 2.29. The fourth-order valence-electron chi connectivity index (χ4n) is 3.65. The zero-order valence-electron chi connectivity index (χ0n) is 17.9. The zero-order valence-corrected chi connectivity index (χ0v) is 17.9. The molecule has 1 aliphatic rings. The van der Waals surface area contributed by atoms with Crippen molar-refractivity contribution >= 4 is 23.9 Å². The van der Waals surface area contributed by atoms with Crippen molar-refractivity contribution in [1.82, 2.24) is 16.0 Å². The Kier molecular flexibility index (Phi) is 11.8. The predicted molar refractivity (Wildman–Crippen MR) is 111 cm³/mol. The van der Waals surface area contributed by atoms with Gasteiger partial charge in [-0.15, -0.1) is 0 Å². The summed E-state index contributed by atoms with van der Waals surface area (Å²) in [4.78, 5) is 48.2. The number of methoxy groups -OCH3 is 1. The van der Waals surface area contributed by atoms with E-state index in [-0.39, 0.29) is 12.3 Å². The average molecular weight is 429 g/mol. The number of esters is 1. The highest BCUT2D eigenvalue weighted by atomic mass is 16.5. The molecule has 3 atom stereocenters. The predicted octanol–water partition coefficient (Wildman–Crippen LogP) is 0.885. The van der Waals surface area contributed by atoms with Crippen LogP contribution in [-0.4, -0.2) is 60.8 Å². The number of carbonyl (C=O) groups is 4. The molecule has 0 bridgehead atoms. The van der Waals surface area contributed by atoms with Gasteiger partial charge in [-0.2, -0.15) is 0 Å². The number of carboxylic acid groups (broad SMARTS) is 1. The number of rotatable bonds is 12. The lowest BCUT2D eigenvalue weighted by molar-refractivity contribution is -0.144. The summed E-state index contributed by atoms with van der Waals surface area (Å²) >= 11 is 0. The van der Waals surface area contributed by atoms with Crippen LogP contribution in [0.5, 0.6) is 0 Å². The van der Waals surface area contributed by atoms with Crippen molar-refractivity contribution in [2.45, 2.75) is 82.8 Å². The first-order valence-electron chi connectivity index (χ1n) is 10.7. The van der Waals surface area contributed by atoms with Gasteiger partial charge in [0.1, 0.15) is 18.1 Å². The number of unbranched alkanes of at least 4 members (excludes halogenated alkanes) is 1. The summed E-state index contributed by atoms with van der Waals surface area (Å²) in [7, 11) is 1.23. The van der Waals surface area contributed by atoms with Crippen LogP contribution >= 0.6 is 0 Å². The molecule has 172 valence electrons. The van der Waals surface area contributed by atoms with Crippen LogP contribution in [0.1, 0.15) is 64.7 Å². The summed E-state index contributed by atoms with van der Waals surface area (Å²) in [5, 5.41) is 16.9. The molecule has 1 fully saturated rings. The lowest BCUT2D eigenvalue weighted by Gasteiger charge is -2.27. The molecule has 10 heteroatoms. The Balaban J connectivity index is 2.76. The Morgan fingerprint density at radius 2 is 1.67 bits per heavy atom. The van der Waals surface area contributed by atoms with E-state index in [2.05, 4.69) is 20.7 Å². The summed E-state index contributed by atoms with van der Waals surface area (Å²) < 4.78 is 4.62. The maximum Gasteiger partial charge on any atom is 0.328 e. The van der Waals surface area contributed by atoms with Crippen LogP contribution in [0, 0.1) is 5.92 Å². The number of nitrogens with one attached hydrogen (secondary N) is 3. The quantitative estimate of drug-likeness (QED) is 0.228. The van der Waals surface area contributed by atoms with Gasteiger partial charge in [-0.25, -0.2) is 14.4 Å². The van der Waals surface area contributed by atoms with Crippen LogP contribution in [0.3, 0.4) is 0 Å².